The summed E-state index contributed by atoms with van der Waals surface area (Å²) in [6.45, 7) is 5.32. The molecule has 0 aliphatic carbocycles. The molecule has 0 aliphatic rings. The Bertz CT molecular complexity index is 788. The summed E-state index contributed by atoms with van der Waals surface area (Å²) < 4.78 is 3.85. The highest BCUT2D eigenvalue weighted by atomic mass is 16.1. The molecule has 0 saturated heterocycles. The van der Waals surface area contributed by atoms with E-state index in [1.54, 1.807) is 12.5 Å². The molecule has 114 valence electrons. The summed E-state index contributed by atoms with van der Waals surface area (Å²) in [5.41, 5.74) is 3.25. The van der Waals surface area contributed by atoms with Crippen LogP contribution in [-0.2, 0) is 6.54 Å². The number of carbonyl (C=O) groups is 1. The number of aromatic nitrogens is 4. The third kappa shape index (κ3) is 2.86. The predicted octanol–water partition coefficient (Wildman–Crippen LogP) is 1.97. The summed E-state index contributed by atoms with van der Waals surface area (Å²) in [7, 11) is 0. The quantitative estimate of drug-likeness (QED) is 0.732. The molecular formula is C16H19N5O. The van der Waals surface area contributed by atoms with E-state index in [9.17, 15) is 4.79 Å². The first-order chi connectivity index (χ1) is 10.6. The van der Waals surface area contributed by atoms with Crippen molar-refractivity contribution in [1.29, 1.82) is 0 Å². The minimum absolute atomic E-state index is 0.0822. The maximum Gasteiger partial charge on any atom is 0.270 e. The number of nitrogens with one attached hydrogen (secondary N) is 1. The largest absolute Gasteiger partial charge is 0.351 e. The maximum absolute atomic E-state index is 12.4. The van der Waals surface area contributed by atoms with Crippen molar-refractivity contribution >= 4 is 11.6 Å². The Morgan fingerprint density at radius 2 is 2.18 bits per heavy atom. The molecule has 6 nitrogen and oxygen atoms in total. The molecule has 0 unspecified atom stereocenters. The predicted molar refractivity (Wildman–Crippen MR) is 83.8 cm³/mol. The Morgan fingerprint density at radius 3 is 2.95 bits per heavy atom. The lowest BCUT2D eigenvalue weighted by molar-refractivity contribution is 0.0946. The Morgan fingerprint density at radius 1 is 1.32 bits per heavy atom. The van der Waals surface area contributed by atoms with Crippen LogP contribution in [0.2, 0.25) is 0 Å². The lowest BCUT2D eigenvalue weighted by Gasteiger charge is -2.07. The van der Waals surface area contributed by atoms with Gasteiger partial charge in [-0.1, -0.05) is 6.07 Å². The van der Waals surface area contributed by atoms with Gasteiger partial charge in [-0.25, -0.2) is 9.97 Å². The summed E-state index contributed by atoms with van der Waals surface area (Å²) >= 11 is 0. The summed E-state index contributed by atoms with van der Waals surface area (Å²) in [6.07, 6.45) is 8.24. The summed E-state index contributed by atoms with van der Waals surface area (Å²) in [5.74, 6) is -0.0822. The zero-order chi connectivity index (χ0) is 15.5. The standard InChI is InChI=1S/C16H19N5O/c1-12-4-5-14-19-13(2)15(21(14)10-12)16(22)18-6-3-8-20-9-7-17-11-20/h4-5,7,9-11H,3,6,8H2,1-2H3,(H,18,22). The van der Waals surface area contributed by atoms with Crippen LogP contribution in [0.4, 0.5) is 0 Å². The number of hydrogen-bond donors (Lipinski definition) is 1. The highest BCUT2D eigenvalue weighted by Gasteiger charge is 2.15. The minimum Gasteiger partial charge on any atom is -0.351 e. The van der Waals surface area contributed by atoms with E-state index >= 15 is 0 Å². The van der Waals surface area contributed by atoms with E-state index in [2.05, 4.69) is 15.3 Å². The van der Waals surface area contributed by atoms with Crippen LogP contribution in [0.25, 0.3) is 5.65 Å². The average molecular weight is 297 g/mol. The van der Waals surface area contributed by atoms with E-state index in [0.717, 1.165) is 29.9 Å². The number of hydrogen-bond acceptors (Lipinski definition) is 3. The highest BCUT2D eigenvalue weighted by molar-refractivity contribution is 5.94. The van der Waals surface area contributed by atoms with Crippen LogP contribution in [0.5, 0.6) is 0 Å². The van der Waals surface area contributed by atoms with Crippen LogP contribution in [0.3, 0.4) is 0 Å². The summed E-state index contributed by atoms with van der Waals surface area (Å²) in [4.78, 5) is 20.9. The van der Waals surface area contributed by atoms with E-state index in [1.165, 1.54) is 0 Å². The molecule has 0 fully saturated rings. The number of aryl methyl sites for hydroxylation is 3. The number of amides is 1. The van der Waals surface area contributed by atoms with Gasteiger partial charge in [-0.15, -0.1) is 0 Å². The molecule has 0 atom stereocenters. The molecule has 6 heteroatoms. The van der Waals surface area contributed by atoms with Crippen LogP contribution in [-0.4, -0.2) is 31.4 Å². The number of imidazole rings is 2. The van der Waals surface area contributed by atoms with Gasteiger partial charge in [-0.3, -0.25) is 9.20 Å². The second kappa shape index (κ2) is 6.01. The van der Waals surface area contributed by atoms with Crippen LogP contribution in [0.15, 0.2) is 37.1 Å². The first-order valence-electron chi connectivity index (χ1n) is 7.34. The number of fused-ring (bicyclic) bond motifs is 1. The molecular weight excluding hydrogens is 278 g/mol. The van der Waals surface area contributed by atoms with E-state index in [-0.39, 0.29) is 5.91 Å². The zero-order valence-electron chi connectivity index (χ0n) is 12.8. The van der Waals surface area contributed by atoms with Gasteiger partial charge < -0.3 is 9.88 Å². The zero-order valence-corrected chi connectivity index (χ0v) is 12.8. The van der Waals surface area contributed by atoms with Gasteiger partial charge in [0.25, 0.3) is 5.91 Å². The van der Waals surface area contributed by atoms with Gasteiger partial charge in [0.15, 0.2) is 0 Å². The summed E-state index contributed by atoms with van der Waals surface area (Å²) in [6, 6.07) is 3.92. The molecule has 0 spiro atoms. The van der Waals surface area contributed by atoms with E-state index in [0.29, 0.717) is 12.2 Å². The smallest absolute Gasteiger partial charge is 0.270 e. The van der Waals surface area contributed by atoms with Crippen molar-refractivity contribution in [2.75, 3.05) is 6.54 Å². The molecule has 0 bridgehead atoms. The third-order valence-electron chi connectivity index (χ3n) is 3.59. The van der Waals surface area contributed by atoms with Crippen molar-refractivity contribution in [3.8, 4) is 0 Å². The van der Waals surface area contributed by atoms with Crippen LogP contribution >= 0.6 is 0 Å². The second-order valence-corrected chi connectivity index (χ2v) is 5.39. The SMILES string of the molecule is Cc1ccc2nc(C)c(C(=O)NCCCn3ccnc3)n2c1. The van der Waals surface area contributed by atoms with Crippen molar-refractivity contribution in [3.05, 3.63) is 54.0 Å². The fourth-order valence-corrected chi connectivity index (χ4v) is 2.51. The number of pyridine rings is 1. The normalized spacial score (nSPS) is 11.0. The van der Waals surface area contributed by atoms with E-state index in [4.69, 9.17) is 0 Å². The van der Waals surface area contributed by atoms with Gasteiger partial charge in [0.1, 0.15) is 11.3 Å². The number of nitrogens with zero attached hydrogens (tertiary/aromatic N) is 4. The first kappa shape index (κ1) is 14.3. The minimum atomic E-state index is -0.0822. The topological polar surface area (TPSA) is 64.2 Å². The molecule has 3 aromatic rings. The monoisotopic (exact) mass is 297 g/mol. The second-order valence-electron chi connectivity index (χ2n) is 5.39. The molecule has 0 aromatic carbocycles. The lowest BCUT2D eigenvalue weighted by Crippen LogP contribution is -2.27. The molecule has 1 amide bonds. The van der Waals surface area contributed by atoms with E-state index < -0.39 is 0 Å². The van der Waals surface area contributed by atoms with Crippen molar-refractivity contribution in [2.24, 2.45) is 0 Å². The van der Waals surface area contributed by atoms with Crippen LogP contribution in [0.1, 0.15) is 28.2 Å². The van der Waals surface area contributed by atoms with Crippen molar-refractivity contribution in [2.45, 2.75) is 26.8 Å². The van der Waals surface area contributed by atoms with Crippen molar-refractivity contribution in [1.82, 2.24) is 24.3 Å². The third-order valence-corrected chi connectivity index (χ3v) is 3.59. The Labute approximate surface area is 128 Å². The van der Waals surface area contributed by atoms with Gasteiger partial charge in [-0.2, -0.15) is 0 Å². The lowest BCUT2D eigenvalue weighted by atomic mass is 10.3. The Hall–Kier alpha value is -2.63. The van der Waals surface area contributed by atoms with Crippen molar-refractivity contribution < 1.29 is 4.79 Å². The Kier molecular flexibility index (Phi) is 3.91. The number of carbonyl (C=O) groups excluding carboxylic acids is 1. The molecule has 22 heavy (non-hydrogen) atoms. The molecule has 3 rings (SSSR count). The van der Waals surface area contributed by atoms with Gasteiger partial charge in [0.2, 0.25) is 0 Å². The van der Waals surface area contributed by atoms with Crippen LogP contribution in [0, 0.1) is 13.8 Å². The average Bonchev–Trinajstić information content (AvgIpc) is 3.10. The Balaban J connectivity index is 1.67. The molecule has 1 N–H and O–H groups in total. The van der Waals surface area contributed by atoms with E-state index in [1.807, 2.05) is 47.3 Å². The molecule has 0 saturated carbocycles. The van der Waals surface area contributed by atoms with Gasteiger partial charge in [0, 0.05) is 31.7 Å². The molecule has 0 radical (unpaired) electrons. The van der Waals surface area contributed by atoms with Crippen LogP contribution < -0.4 is 5.32 Å². The van der Waals surface area contributed by atoms with Crippen molar-refractivity contribution in [3.63, 3.8) is 0 Å². The van der Waals surface area contributed by atoms with Gasteiger partial charge in [-0.05, 0) is 31.9 Å². The molecule has 0 aliphatic heterocycles. The van der Waals surface area contributed by atoms with Gasteiger partial charge in [0.05, 0.1) is 12.0 Å². The highest BCUT2D eigenvalue weighted by Crippen LogP contribution is 2.13. The first-order valence-corrected chi connectivity index (χ1v) is 7.34. The fourth-order valence-electron chi connectivity index (χ4n) is 2.51. The summed E-state index contributed by atoms with van der Waals surface area (Å²) in [5, 5.41) is 2.97. The fraction of sp³-hybridized carbons (Fsp3) is 0.312. The molecule has 3 heterocycles. The number of rotatable bonds is 5. The molecule has 3 aromatic heterocycles. The van der Waals surface area contributed by atoms with Gasteiger partial charge >= 0.3 is 0 Å². The maximum atomic E-state index is 12.4.